The third-order valence-corrected chi connectivity index (χ3v) is 5.79. The van der Waals surface area contributed by atoms with Gasteiger partial charge in [0.05, 0.1) is 10.4 Å². The second-order valence-electron chi connectivity index (χ2n) is 6.06. The van der Waals surface area contributed by atoms with E-state index in [2.05, 4.69) is 30.8 Å². The summed E-state index contributed by atoms with van der Waals surface area (Å²) < 4.78 is 0.521. The zero-order valence-corrected chi connectivity index (χ0v) is 17.0. The Morgan fingerprint density at radius 2 is 2.00 bits per heavy atom. The number of fused-ring (bicyclic) bond motifs is 1. The zero-order valence-electron chi connectivity index (χ0n) is 15.4. The van der Waals surface area contributed by atoms with Gasteiger partial charge in [0, 0.05) is 23.2 Å². The Kier molecular flexibility index (Phi) is 5.50. The van der Waals surface area contributed by atoms with Crippen LogP contribution in [-0.4, -0.2) is 31.1 Å². The van der Waals surface area contributed by atoms with Crippen LogP contribution >= 0.6 is 23.1 Å². The van der Waals surface area contributed by atoms with Gasteiger partial charge >= 0.3 is 6.03 Å². The topological polar surface area (TPSA) is 136 Å². The van der Waals surface area contributed by atoms with E-state index in [9.17, 15) is 14.9 Å². The van der Waals surface area contributed by atoms with Crippen LogP contribution in [0.2, 0.25) is 0 Å². The Hall–Kier alpha value is -3.64. The predicted molar refractivity (Wildman–Crippen MR) is 114 cm³/mol. The lowest BCUT2D eigenvalue weighted by atomic mass is 10.2. The average molecular weight is 439 g/mol. The largest absolute Gasteiger partial charge is 0.325 e. The summed E-state index contributed by atoms with van der Waals surface area (Å²) in [5, 5.41) is 25.8. The molecule has 10 nitrogen and oxygen atoms in total. The van der Waals surface area contributed by atoms with Gasteiger partial charge in [-0.25, -0.2) is 14.8 Å². The summed E-state index contributed by atoms with van der Waals surface area (Å²) in [6.07, 6.45) is 1.38. The summed E-state index contributed by atoms with van der Waals surface area (Å²) in [7, 11) is 0. The van der Waals surface area contributed by atoms with Crippen molar-refractivity contribution in [3.05, 3.63) is 64.5 Å². The van der Waals surface area contributed by atoms with Crippen molar-refractivity contribution in [2.75, 3.05) is 10.6 Å². The van der Waals surface area contributed by atoms with Crippen molar-refractivity contribution >= 4 is 56.5 Å². The second-order valence-corrected chi connectivity index (χ2v) is 8.27. The number of carbonyl (C=O) groups is 1. The van der Waals surface area contributed by atoms with Gasteiger partial charge in [-0.3, -0.25) is 15.4 Å². The van der Waals surface area contributed by atoms with Crippen LogP contribution in [0.5, 0.6) is 0 Å². The van der Waals surface area contributed by atoms with Crippen LogP contribution in [0.1, 0.15) is 5.56 Å². The molecule has 12 heteroatoms. The highest BCUT2D eigenvalue weighted by molar-refractivity contribution is 8.01. The molecule has 0 radical (unpaired) electrons. The molecule has 0 saturated heterocycles. The molecule has 4 rings (SSSR count). The fourth-order valence-corrected chi connectivity index (χ4v) is 4.32. The molecule has 150 valence electrons. The Labute approximate surface area is 177 Å². The molecular weight excluding hydrogens is 426 g/mol. The number of aryl methyl sites for hydroxylation is 1. The summed E-state index contributed by atoms with van der Waals surface area (Å²) in [5.74, 6) is 0. The first-order valence-corrected chi connectivity index (χ1v) is 10.2. The van der Waals surface area contributed by atoms with Gasteiger partial charge < -0.3 is 5.32 Å². The van der Waals surface area contributed by atoms with Crippen molar-refractivity contribution in [1.82, 2.24) is 20.2 Å². The fraction of sp³-hybridized carbons (Fsp3) is 0.0556. The highest BCUT2D eigenvalue weighted by Crippen LogP contribution is 2.35. The molecule has 0 fully saturated rings. The number of urea groups is 1. The van der Waals surface area contributed by atoms with Crippen LogP contribution in [0.15, 0.2) is 58.2 Å². The zero-order chi connectivity index (χ0) is 21.1. The number of nitro benzene ring substituents is 1. The first-order chi connectivity index (χ1) is 14.5. The van der Waals surface area contributed by atoms with Gasteiger partial charge in [0.25, 0.3) is 5.69 Å². The molecule has 2 N–H and O–H groups in total. The molecule has 2 amide bonds. The number of carbonyl (C=O) groups excluding carboxylic acids is 1. The molecule has 0 aliphatic rings. The summed E-state index contributed by atoms with van der Waals surface area (Å²) in [5.41, 5.74) is 2.23. The van der Waals surface area contributed by atoms with Gasteiger partial charge in [-0.2, -0.15) is 0 Å². The standard InChI is InChI=1S/C18H13N7O3S2/c1-10-3-2-4-11(7-10)21-16(26)22-17-23-24-18(30-17)29-15-13-8-12(25(27)28)5-6-14(13)19-9-20-15/h2-9H,1H3,(H2,21,22,23,26). The Bertz CT molecular complexity index is 1260. The number of hydrogen-bond donors (Lipinski definition) is 2. The minimum absolute atomic E-state index is 0.0495. The molecule has 30 heavy (non-hydrogen) atoms. The SMILES string of the molecule is Cc1cccc(NC(=O)Nc2nnc(Sc3ncnc4ccc([N+](=O)[O-])cc34)s2)c1. The summed E-state index contributed by atoms with van der Waals surface area (Å²) >= 11 is 2.35. The van der Waals surface area contributed by atoms with Crippen molar-refractivity contribution < 1.29 is 9.72 Å². The molecule has 2 aromatic heterocycles. The van der Waals surface area contributed by atoms with E-state index in [1.807, 2.05) is 25.1 Å². The summed E-state index contributed by atoms with van der Waals surface area (Å²) in [6, 6.07) is 11.4. The van der Waals surface area contributed by atoms with E-state index in [4.69, 9.17) is 0 Å². The fourth-order valence-electron chi connectivity index (χ4n) is 2.58. The lowest BCUT2D eigenvalue weighted by molar-refractivity contribution is -0.384. The maximum Gasteiger partial charge on any atom is 0.325 e. The van der Waals surface area contributed by atoms with Crippen LogP contribution in [0.4, 0.5) is 21.3 Å². The van der Waals surface area contributed by atoms with Crippen molar-refractivity contribution in [2.45, 2.75) is 16.3 Å². The smallest absolute Gasteiger partial charge is 0.308 e. The second kappa shape index (κ2) is 8.39. The number of aromatic nitrogens is 4. The van der Waals surface area contributed by atoms with Gasteiger partial charge in [0.2, 0.25) is 5.13 Å². The lowest BCUT2D eigenvalue weighted by Gasteiger charge is -2.05. The number of nitro groups is 1. The molecule has 0 bridgehead atoms. The number of hydrogen-bond acceptors (Lipinski definition) is 9. The molecular formula is C18H13N7O3S2. The van der Waals surface area contributed by atoms with Crippen LogP contribution in [-0.2, 0) is 0 Å². The molecule has 0 aliphatic heterocycles. The minimum atomic E-state index is -0.472. The van der Waals surface area contributed by atoms with Crippen LogP contribution in [0.3, 0.4) is 0 Å². The number of non-ortho nitro benzene ring substituents is 1. The number of benzene rings is 2. The van der Waals surface area contributed by atoms with E-state index in [0.717, 1.165) is 16.9 Å². The third kappa shape index (κ3) is 4.50. The highest BCUT2D eigenvalue weighted by Gasteiger charge is 2.15. The minimum Gasteiger partial charge on any atom is -0.308 e. The molecule has 0 saturated carbocycles. The van der Waals surface area contributed by atoms with Crippen LogP contribution < -0.4 is 10.6 Å². The number of rotatable bonds is 5. The number of anilines is 2. The summed E-state index contributed by atoms with van der Waals surface area (Å²) in [4.78, 5) is 31.1. The normalized spacial score (nSPS) is 10.7. The monoisotopic (exact) mass is 439 g/mol. The molecule has 2 heterocycles. The first-order valence-electron chi connectivity index (χ1n) is 8.53. The number of nitrogens with zero attached hydrogens (tertiary/aromatic N) is 5. The molecule has 0 spiro atoms. The van der Waals surface area contributed by atoms with E-state index in [0.29, 0.717) is 31.1 Å². The van der Waals surface area contributed by atoms with Crippen LogP contribution in [0, 0.1) is 17.0 Å². The van der Waals surface area contributed by atoms with Gasteiger partial charge in [0.1, 0.15) is 11.4 Å². The first kappa shape index (κ1) is 19.7. The maximum absolute atomic E-state index is 12.2. The quantitative estimate of drug-likeness (QED) is 0.201. The van der Waals surface area contributed by atoms with Crippen molar-refractivity contribution in [3.8, 4) is 0 Å². The van der Waals surface area contributed by atoms with Gasteiger partial charge in [-0.15, -0.1) is 10.2 Å². The van der Waals surface area contributed by atoms with Gasteiger partial charge in [-0.1, -0.05) is 23.5 Å². The Balaban J connectivity index is 1.49. The number of amides is 2. The van der Waals surface area contributed by atoms with Crippen molar-refractivity contribution in [2.24, 2.45) is 0 Å². The predicted octanol–water partition coefficient (Wildman–Crippen LogP) is 4.49. The maximum atomic E-state index is 12.2. The molecule has 4 aromatic rings. The molecule has 2 aromatic carbocycles. The molecule has 0 unspecified atom stereocenters. The van der Waals surface area contributed by atoms with Gasteiger partial charge in [0.15, 0.2) is 4.34 Å². The highest BCUT2D eigenvalue weighted by atomic mass is 32.2. The van der Waals surface area contributed by atoms with E-state index in [-0.39, 0.29) is 5.69 Å². The third-order valence-electron chi connectivity index (χ3n) is 3.88. The van der Waals surface area contributed by atoms with Crippen LogP contribution in [0.25, 0.3) is 10.9 Å². The molecule has 0 atom stereocenters. The van der Waals surface area contributed by atoms with Crippen molar-refractivity contribution in [3.63, 3.8) is 0 Å². The van der Waals surface area contributed by atoms with Crippen molar-refractivity contribution in [1.29, 1.82) is 0 Å². The summed E-state index contributed by atoms with van der Waals surface area (Å²) in [6.45, 7) is 1.93. The number of nitrogens with one attached hydrogen (secondary N) is 2. The molecule has 0 aliphatic carbocycles. The van der Waals surface area contributed by atoms with E-state index in [1.54, 1.807) is 12.1 Å². The average Bonchev–Trinajstić information content (AvgIpc) is 3.14. The van der Waals surface area contributed by atoms with E-state index >= 15 is 0 Å². The van der Waals surface area contributed by atoms with E-state index in [1.165, 1.54) is 30.2 Å². The Morgan fingerprint density at radius 3 is 2.80 bits per heavy atom. The Morgan fingerprint density at radius 1 is 1.13 bits per heavy atom. The lowest BCUT2D eigenvalue weighted by Crippen LogP contribution is -2.19. The van der Waals surface area contributed by atoms with E-state index < -0.39 is 11.0 Å². The van der Waals surface area contributed by atoms with Gasteiger partial charge in [-0.05, 0) is 42.4 Å².